The number of aromatic hydroxyl groups is 1. The zero-order valence-corrected chi connectivity index (χ0v) is 10.2. The van der Waals surface area contributed by atoms with Crippen molar-refractivity contribution in [1.82, 2.24) is 5.32 Å². The number of phenols is 1. The van der Waals surface area contributed by atoms with E-state index in [2.05, 4.69) is 5.32 Å². The first-order chi connectivity index (χ1) is 7.42. The van der Waals surface area contributed by atoms with E-state index < -0.39 is 5.67 Å². The van der Waals surface area contributed by atoms with Gasteiger partial charge in [-0.15, -0.1) is 0 Å². The topological polar surface area (TPSA) is 41.5 Å². The molecular formula is C11H15ClFNO2. The summed E-state index contributed by atoms with van der Waals surface area (Å²) in [5.41, 5.74) is -1.41. The third kappa shape index (κ3) is 2.57. The van der Waals surface area contributed by atoms with Gasteiger partial charge in [0.2, 0.25) is 0 Å². The molecule has 2 N–H and O–H groups in total. The highest BCUT2D eigenvalue weighted by atomic mass is 35.5. The summed E-state index contributed by atoms with van der Waals surface area (Å²) in [5.74, 6) is 0.107. The van der Waals surface area contributed by atoms with E-state index in [0.29, 0.717) is 0 Å². The maximum atomic E-state index is 14.2. The van der Waals surface area contributed by atoms with Crippen LogP contribution >= 0.6 is 11.6 Å². The van der Waals surface area contributed by atoms with Gasteiger partial charge in [0.15, 0.2) is 11.5 Å². The SMILES string of the molecule is CNCC(C)(F)c1cc(O)c(OC)cc1Cl. The summed E-state index contributed by atoms with van der Waals surface area (Å²) in [7, 11) is 3.06. The minimum absolute atomic E-state index is 0.110. The molecule has 0 spiro atoms. The van der Waals surface area contributed by atoms with Crippen LogP contribution in [-0.2, 0) is 5.67 Å². The Kier molecular flexibility index (Phi) is 3.99. The van der Waals surface area contributed by atoms with Crippen LogP contribution in [0.3, 0.4) is 0 Å². The summed E-state index contributed by atoms with van der Waals surface area (Å²) in [5, 5.41) is 12.5. The second kappa shape index (κ2) is 4.89. The zero-order valence-electron chi connectivity index (χ0n) is 9.47. The third-order valence-electron chi connectivity index (χ3n) is 2.34. The molecule has 0 heterocycles. The highest BCUT2D eigenvalue weighted by Gasteiger charge is 2.28. The highest BCUT2D eigenvalue weighted by Crippen LogP contribution is 2.38. The van der Waals surface area contributed by atoms with E-state index in [1.165, 1.54) is 26.2 Å². The van der Waals surface area contributed by atoms with E-state index in [1.54, 1.807) is 7.05 Å². The highest BCUT2D eigenvalue weighted by molar-refractivity contribution is 6.31. The minimum Gasteiger partial charge on any atom is -0.504 e. The lowest BCUT2D eigenvalue weighted by Crippen LogP contribution is -2.29. The van der Waals surface area contributed by atoms with E-state index >= 15 is 0 Å². The molecule has 1 rings (SSSR count). The summed E-state index contributed by atoms with van der Waals surface area (Å²) in [6.07, 6.45) is 0. The van der Waals surface area contributed by atoms with Crippen molar-refractivity contribution >= 4 is 11.6 Å². The fourth-order valence-electron chi connectivity index (χ4n) is 1.53. The molecule has 0 fully saturated rings. The van der Waals surface area contributed by atoms with Crippen molar-refractivity contribution in [2.24, 2.45) is 0 Å². The molecule has 0 amide bonds. The van der Waals surface area contributed by atoms with Gasteiger partial charge in [0.1, 0.15) is 5.67 Å². The maximum Gasteiger partial charge on any atom is 0.161 e. The normalized spacial score (nSPS) is 14.6. The first-order valence-corrected chi connectivity index (χ1v) is 5.20. The van der Waals surface area contributed by atoms with Crippen LogP contribution in [0, 0.1) is 0 Å². The van der Waals surface area contributed by atoms with Crippen molar-refractivity contribution < 1.29 is 14.2 Å². The van der Waals surface area contributed by atoms with Gasteiger partial charge in [-0.25, -0.2) is 4.39 Å². The molecule has 0 aliphatic heterocycles. The Labute approximate surface area is 99.2 Å². The molecule has 1 atom stereocenters. The maximum absolute atomic E-state index is 14.2. The second-order valence-electron chi connectivity index (χ2n) is 3.73. The van der Waals surface area contributed by atoms with Crippen molar-refractivity contribution in [3.63, 3.8) is 0 Å². The fourth-order valence-corrected chi connectivity index (χ4v) is 1.88. The minimum atomic E-state index is -1.64. The van der Waals surface area contributed by atoms with Gasteiger partial charge >= 0.3 is 0 Å². The number of alkyl halides is 1. The molecule has 0 aliphatic carbocycles. The van der Waals surface area contributed by atoms with E-state index in [9.17, 15) is 9.50 Å². The largest absolute Gasteiger partial charge is 0.504 e. The number of hydrogen-bond acceptors (Lipinski definition) is 3. The molecule has 0 saturated heterocycles. The predicted octanol–water partition coefficient (Wildman–Crippen LogP) is 2.46. The van der Waals surface area contributed by atoms with Crippen LogP contribution in [0.5, 0.6) is 11.5 Å². The average molecular weight is 248 g/mol. The van der Waals surface area contributed by atoms with Crippen molar-refractivity contribution in [1.29, 1.82) is 0 Å². The lowest BCUT2D eigenvalue weighted by Gasteiger charge is -2.22. The summed E-state index contributed by atoms with van der Waals surface area (Å²) in [4.78, 5) is 0. The number of nitrogens with one attached hydrogen (secondary N) is 1. The smallest absolute Gasteiger partial charge is 0.161 e. The quantitative estimate of drug-likeness (QED) is 0.859. The fraction of sp³-hybridized carbons (Fsp3) is 0.455. The Hall–Kier alpha value is -1.00. The van der Waals surface area contributed by atoms with Crippen molar-refractivity contribution in [3.05, 3.63) is 22.7 Å². The molecule has 0 radical (unpaired) electrons. The van der Waals surface area contributed by atoms with Crippen LogP contribution in [0.15, 0.2) is 12.1 Å². The lowest BCUT2D eigenvalue weighted by molar-refractivity contribution is 0.190. The van der Waals surface area contributed by atoms with Gasteiger partial charge < -0.3 is 15.2 Å². The van der Waals surface area contributed by atoms with E-state index in [-0.39, 0.29) is 28.6 Å². The van der Waals surface area contributed by atoms with Gasteiger partial charge in [0, 0.05) is 18.2 Å². The van der Waals surface area contributed by atoms with E-state index in [4.69, 9.17) is 16.3 Å². The molecule has 0 bridgehead atoms. The Balaban J connectivity index is 3.20. The van der Waals surface area contributed by atoms with Gasteiger partial charge in [0.05, 0.1) is 12.1 Å². The zero-order chi connectivity index (χ0) is 12.3. The molecule has 0 aliphatic rings. The lowest BCUT2D eigenvalue weighted by atomic mass is 9.97. The molecule has 90 valence electrons. The molecule has 3 nitrogen and oxygen atoms in total. The molecule has 0 aromatic heterocycles. The summed E-state index contributed by atoms with van der Waals surface area (Å²) >= 11 is 5.94. The number of hydrogen-bond donors (Lipinski definition) is 2. The van der Waals surface area contributed by atoms with Crippen LogP contribution in [0.1, 0.15) is 12.5 Å². The van der Waals surface area contributed by atoms with Gasteiger partial charge in [0.25, 0.3) is 0 Å². The number of rotatable bonds is 4. The monoisotopic (exact) mass is 247 g/mol. The molecule has 0 saturated carbocycles. The molecule has 1 aromatic carbocycles. The van der Waals surface area contributed by atoms with Gasteiger partial charge in [-0.05, 0) is 20.0 Å². The summed E-state index contributed by atoms with van der Waals surface area (Å²) in [6.45, 7) is 1.51. The first-order valence-electron chi connectivity index (χ1n) is 4.83. The average Bonchev–Trinajstić information content (AvgIpc) is 2.20. The van der Waals surface area contributed by atoms with Crippen LogP contribution < -0.4 is 10.1 Å². The first kappa shape index (κ1) is 13.1. The van der Waals surface area contributed by atoms with Crippen LogP contribution in [0.4, 0.5) is 4.39 Å². The molecule has 16 heavy (non-hydrogen) atoms. The van der Waals surface area contributed by atoms with E-state index in [1.807, 2.05) is 0 Å². The summed E-state index contributed by atoms with van der Waals surface area (Å²) in [6, 6.07) is 2.69. The van der Waals surface area contributed by atoms with Crippen molar-refractivity contribution in [3.8, 4) is 11.5 Å². The predicted molar refractivity (Wildman–Crippen MR) is 62.1 cm³/mol. The van der Waals surface area contributed by atoms with Gasteiger partial charge in [-0.1, -0.05) is 11.6 Å². The number of methoxy groups -OCH3 is 1. The number of benzene rings is 1. The van der Waals surface area contributed by atoms with Crippen molar-refractivity contribution in [2.45, 2.75) is 12.6 Å². The molecule has 1 aromatic rings. The Morgan fingerprint density at radius 1 is 1.56 bits per heavy atom. The Morgan fingerprint density at radius 3 is 2.69 bits per heavy atom. The number of ether oxygens (including phenoxy) is 1. The van der Waals surface area contributed by atoms with Gasteiger partial charge in [-0.3, -0.25) is 0 Å². The summed E-state index contributed by atoms with van der Waals surface area (Å²) < 4.78 is 19.1. The Morgan fingerprint density at radius 2 is 2.19 bits per heavy atom. The molecular weight excluding hydrogens is 233 g/mol. The Bertz CT molecular complexity index is 382. The number of halogens is 2. The van der Waals surface area contributed by atoms with Crippen LogP contribution in [0.25, 0.3) is 0 Å². The van der Waals surface area contributed by atoms with E-state index in [0.717, 1.165) is 0 Å². The van der Waals surface area contributed by atoms with Crippen molar-refractivity contribution in [2.75, 3.05) is 20.7 Å². The molecule has 5 heteroatoms. The van der Waals surface area contributed by atoms with Crippen LogP contribution in [0.2, 0.25) is 5.02 Å². The standard InChI is InChI=1S/C11H15ClFNO2/c1-11(13,6-14-2)7-4-9(15)10(16-3)5-8(7)12/h4-5,14-15H,6H2,1-3H3. The van der Waals surface area contributed by atoms with Gasteiger partial charge in [-0.2, -0.15) is 0 Å². The number of phenolic OH excluding ortho intramolecular Hbond substituents is 1. The second-order valence-corrected chi connectivity index (χ2v) is 4.14. The van der Waals surface area contributed by atoms with Crippen LogP contribution in [-0.4, -0.2) is 25.8 Å². The third-order valence-corrected chi connectivity index (χ3v) is 2.65. The molecule has 1 unspecified atom stereocenters. The number of likely N-dealkylation sites (N-methyl/N-ethyl adjacent to an activating group) is 1.